The van der Waals surface area contributed by atoms with E-state index in [2.05, 4.69) is 5.10 Å². The Morgan fingerprint density at radius 1 is 1.33 bits per heavy atom. The summed E-state index contributed by atoms with van der Waals surface area (Å²) in [4.78, 5) is 0. The van der Waals surface area contributed by atoms with Crippen LogP contribution in [0.1, 0.15) is 23.1 Å². The number of sulfone groups is 1. The Morgan fingerprint density at radius 2 is 1.95 bits per heavy atom. The first-order chi connectivity index (χ1) is 9.58. The summed E-state index contributed by atoms with van der Waals surface area (Å²) >= 11 is 0. The van der Waals surface area contributed by atoms with Crippen molar-refractivity contribution in [2.75, 3.05) is 11.5 Å². The largest absolute Gasteiger partial charge is 0.435 e. The number of aliphatic hydroxyl groups is 1. The molecule has 0 spiro atoms. The van der Waals surface area contributed by atoms with Crippen LogP contribution in [-0.2, 0) is 29.0 Å². The summed E-state index contributed by atoms with van der Waals surface area (Å²) in [5.41, 5.74) is -1.80. The molecule has 1 aromatic heterocycles. The van der Waals surface area contributed by atoms with Gasteiger partial charge in [0.05, 0.1) is 11.5 Å². The molecule has 10 heteroatoms. The molecule has 1 aliphatic carbocycles. The molecule has 0 unspecified atom stereocenters. The number of aliphatic hydroxyl groups excluding tert-OH is 1. The lowest BCUT2D eigenvalue weighted by Gasteiger charge is -2.26. The Kier molecular flexibility index (Phi) is 3.11. The highest BCUT2D eigenvalue weighted by atomic mass is 32.2. The third-order valence-corrected chi connectivity index (χ3v) is 5.76. The molecule has 3 rings (SSSR count). The number of hydrogen-bond donors (Lipinski definition) is 1. The highest BCUT2D eigenvalue weighted by Crippen LogP contribution is 2.42. The molecule has 1 N–H and O–H groups in total. The van der Waals surface area contributed by atoms with Crippen LogP contribution < -0.4 is 0 Å². The number of alkyl halides is 4. The van der Waals surface area contributed by atoms with Gasteiger partial charge in [-0.05, 0) is 0 Å². The molecular formula is C11H12F4N2O3S. The molecule has 21 heavy (non-hydrogen) atoms. The van der Waals surface area contributed by atoms with Crippen LogP contribution in [0.4, 0.5) is 17.6 Å². The van der Waals surface area contributed by atoms with Crippen molar-refractivity contribution in [1.82, 2.24) is 9.78 Å². The number of hydrogen-bond acceptors (Lipinski definition) is 4. The minimum Gasteiger partial charge on any atom is -0.385 e. The second-order valence-corrected chi connectivity index (χ2v) is 7.65. The number of aromatic nitrogens is 2. The van der Waals surface area contributed by atoms with E-state index in [4.69, 9.17) is 0 Å². The second-order valence-electron chi connectivity index (χ2n) is 5.50. The number of fused-ring (bicyclic) bond motifs is 1. The molecule has 1 aliphatic heterocycles. The van der Waals surface area contributed by atoms with E-state index in [1.54, 1.807) is 0 Å². The van der Waals surface area contributed by atoms with E-state index >= 15 is 0 Å². The minimum atomic E-state index is -4.79. The molecule has 1 saturated heterocycles. The highest BCUT2D eigenvalue weighted by molar-refractivity contribution is 7.92. The summed E-state index contributed by atoms with van der Waals surface area (Å²) in [6.07, 6.45) is -8.77. The van der Waals surface area contributed by atoms with E-state index in [1.165, 1.54) is 0 Å². The lowest BCUT2D eigenvalue weighted by atomic mass is 10.1. The van der Waals surface area contributed by atoms with Gasteiger partial charge in [0.1, 0.15) is 12.3 Å². The van der Waals surface area contributed by atoms with Crippen LogP contribution >= 0.6 is 0 Å². The van der Waals surface area contributed by atoms with Crippen LogP contribution in [0.2, 0.25) is 0 Å². The summed E-state index contributed by atoms with van der Waals surface area (Å²) in [6.45, 7) is -0.0168. The van der Waals surface area contributed by atoms with Gasteiger partial charge in [0, 0.05) is 30.1 Å². The van der Waals surface area contributed by atoms with Crippen molar-refractivity contribution in [1.29, 1.82) is 0 Å². The average Bonchev–Trinajstić information content (AvgIpc) is 2.77. The van der Waals surface area contributed by atoms with Gasteiger partial charge in [-0.1, -0.05) is 0 Å². The van der Waals surface area contributed by atoms with Crippen molar-refractivity contribution in [2.24, 2.45) is 5.92 Å². The molecule has 0 amide bonds. The van der Waals surface area contributed by atoms with Crippen molar-refractivity contribution in [3.05, 3.63) is 17.0 Å². The smallest absolute Gasteiger partial charge is 0.385 e. The van der Waals surface area contributed by atoms with Gasteiger partial charge < -0.3 is 5.11 Å². The van der Waals surface area contributed by atoms with E-state index in [1.807, 2.05) is 0 Å². The van der Waals surface area contributed by atoms with Crippen LogP contribution in [0, 0.1) is 5.92 Å². The molecule has 0 radical (unpaired) electrons. The molecule has 1 fully saturated rings. The minimum absolute atomic E-state index is 0.00613. The Hall–Kier alpha value is -1.16. The molecule has 2 aliphatic rings. The Bertz CT molecular complexity index is 670. The number of halogens is 4. The van der Waals surface area contributed by atoms with Crippen molar-refractivity contribution >= 4 is 9.84 Å². The van der Waals surface area contributed by atoms with E-state index in [0.717, 1.165) is 4.68 Å². The van der Waals surface area contributed by atoms with Crippen LogP contribution in [0.5, 0.6) is 0 Å². The SMILES string of the molecule is O=S1(=O)CC(Cn2nc(C(F)(F)F)c3c2C[C@@H](F)[C@H]3O)C1. The fraction of sp³-hybridized carbons (Fsp3) is 0.727. The summed E-state index contributed by atoms with van der Waals surface area (Å²) in [5, 5.41) is 13.0. The maximum absolute atomic E-state index is 13.5. The summed E-state index contributed by atoms with van der Waals surface area (Å²) < 4.78 is 75.4. The fourth-order valence-corrected chi connectivity index (χ4v) is 4.44. The standard InChI is InChI=1S/C11H12F4N2O3S/c12-6-1-7-8(9(6)18)10(11(13,14)15)16-17(7)2-5-3-21(19,20)4-5/h5-6,9,18H,1-4H2/t6-,9-/m1/s1. The Labute approximate surface area is 117 Å². The maximum Gasteiger partial charge on any atom is 0.435 e. The van der Waals surface area contributed by atoms with Crippen molar-refractivity contribution in [3.8, 4) is 0 Å². The van der Waals surface area contributed by atoms with Crippen LogP contribution in [0.3, 0.4) is 0 Å². The predicted octanol–water partition coefficient (Wildman–Crippen LogP) is 0.874. The normalized spacial score (nSPS) is 28.4. The summed E-state index contributed by atoms with van der Waals surface area (Å²) in [6, 6.07) is 0. The van der Waals surface area contributed by atoms with Gasteiger partial charge in [0.25, 0.3) is 0 Å². The molecule has 0 bridgehead atoms. The topological polar surface area (TPSA) is 72.2 Å². The van der Waals surface area contributed by atoms with Gasteiger partial charge in [-0.15, -0.1) is 0 Å². The number of nitrogens with zero attached hydrogens (tertiary/aromatic N) is 2. The fourth-order valence-electron chi connectivity index (χ4n) is 2.89. The molecule has 0 aromatic carbocycles. The highest BCUT2D eigenvalue weighted by Gasteiger charge is 2.47. The van der Waals surface area contributed by atoms with Crippen LogP contribution in [0.15, 0.2) is 0 Å². The predicted molar refractivity (Wildman–Crippen MR) is 62.9 cm³/mol. The maximum atomic E-state index is 13.5. The van der Waals surface area contributed by atoms with Crippen LogP contribution in [0.25, 0.3) is 0 Å². The lowest BCUT2D eigenvalue weighted by Crippen LogP contribution is -2.39. The van der Waals surface area contributed by atoms with E-state index in [9.17, 15) is 31.1 Å². The van der Waals surface area contributed by atoms with Crippen molar-refractivity contribution in [2.45, 2.75) is 31.4 Å². The first kappa shape index (κ1) is 14.8. The zero-order valence-electron chi connectivity index (χ0n) is 10.6. The Morgan fingerprint density at radius 3 is 2.48 bits per heavy atom. The van der Waals surface area contributed by atoms with Gasteiger partial charge in [0.15, 0.2) is 15.5 Å². The quantitative estimate of drug-likeness (QED) is 0.818. The molecule has 2 atom stereocenters. The molecule has 5 nitrogen and oxygen atoms in total. The van der Waals surface area contributed by atoms with Gasteiger partial charge in [0.2, 0.25) is 0 Å². The van der Waals surface area contributed by atoms with Crippen molar-refractivity contribution in [3.63, 3.8) is 0 Å². The number of rotatable bonds is 2. The van der Waals surface area contributed by atoms with Gasteiger partial charge in [-0.3, -0.25) is 4.68 Å². The molecule has 1 aromatic rings. The van der Waals surface area contributed by atoms with E-state index < -0.39 is 39.5 Å². The zero-order chi connectivity index (χ0) is 15.6. The first-order valence-corrected chi connectivity index (χ1v) is 8.10. The first-order valence-electron chi connectivity index (χ1n) is 6.28. The summed E-state index contributed by atoms with van der Waals surface area (Å²) in [5.74, 6) is -0.536. The van der Waals surface area contributed by atoms with Gasteiger partial charge >= 0.3 is 6.18 Å². The average molecular weight is 328 g/mol. The van der Waals surface area contributed by atoms with Crippen LogP contribution in [-0.4, -0.2) is 41.0 Å². The molecule has 118 valence electrons. The molecular weight excluding hydrogens is 316 g/mol. The van der Waals surface area contributed by atoms with E-state index in [0.29, 0.717) is 0 Å². The zero-order valence-corrected chi connectivity index (χ0v) is 11.5. The van der Waals surface area contributed by atoms with E-state index in [-0.39, 0.29) is 36.1 Å². The van der Waals surface area contributed by atoms with Crippen molar-refractivity contribution < 1.29 is 31.1 Å². The van der Waals surface area contributed by atoms with Gasteiger partial charge in [-0.25, -0.2) is 12.8 Å². The summed E-state index contributed by atoms with van der Waals surface area (Å²) in [7, 11) is -3.09. The third-order valence-electron chi connectivity index (χ3n) is 3.80. The molecule has 2 heterocycles. The third kappa shape index (κ3) is 2.44. The Balaban J connectivity index is 1.94. The van der Waals surface area contributed by atoms with Gasteiger partial charge in [-0.2, -0.15) is 18.3 Å². The lowest BCUT2D eigenvalue weighted by molar-refractivity contribution is -0.143. The second kappa shape index (κ2) is 4.42. The monoisotopic (exact) mass is 328 g/mol. The molecule has 0 saturated carbocycles.